The van der Waals surface area contributed by atoms with Gasteiger partial charge in [-0.15, -0.1) is 11.3 Å². The van der Waals surface area contributed by atoms with Crippen LogP contribution in [-0.4, -0.2) is 16.2 Å². The van der Waals surface area contributed by atoms with E-state index in [1.54, 1.807) is 15.9 Å². The molecule has 0 saturated heterocycles. The lowest BCUT2D eigenvalue weighted by atomic mass is 9.97. The van der Waals surface area contributed by atoms with Crippen LogP contribution in [0.1, 0.15) is 55.7 Å². The van der Waals surface area contributed by atoms with Crippen LogP contribution in [0.25, 0.3) is 10.2 Å². The summed E-state index contributed by atoms with van der Waals surface area (Å²) in [6.45, 7) is 7.33. The molecule has 2 aromatic heterocycles. The summed E-state index contributed by atoms with van der Waals surface area (Å²) in [5.41, 5.74) is 2.46. The number of rotatable bonds is 6. The summed E-state index contributed by atoms with van der Waals surface area (Å²) in [4.78, 5) is 20.4. The SMILES string of the molecule is CCOc1ccc(CNc2nc3sc4c(c3c(=O)n2C(C)C)CCCC4)cc1. The Hall–Kier alpha value is -2.34. The Morgan fingerprint density at radius 2 is 1.96 bits per heavy atom. The Morgan fingerprint density at radius 3 is 2.68 bits per heavy atom. The van der Waals surface area contributed by atoms with E-state index in [0.29, 0.717) is 19.1 Å². The number of hydrogen-bond donors (Lipinski definition) is 1. The van der Waals surface area contributed by atoms with Gasteiger partial charge in [-0.1, -0.05) is 12.1 Å². The van der Waals surface area contributed by atoms with Gasteiger partial charge in [0.2, 0.25) is 5.95 Å². The van der Waals surface area contributed by atoms with Gasteiger partial charge in [0.05, 0.1) is 12.0 Å². The number of thiophene rings is 1. The quantitative estimate of drug-likeness (QED) is 0.641. The maximum absolute atomic E-state index is 13.3. The van der Waals surface area contributed by atoms with Crippen molar-refractivity contribution >= 4 is 27.5 Å². The van der Waals surface area contributed by atoms with Gasteiger partial charge in [-0.25, -0.2) is 4.98 Å². The van der Waals surface area contributed by atoms with E-state index in [1.165, 1.54) is 16.9 Å². The van der Waals surface area contributed by atoms with Crippen LogP contribution in [0.3, 0.4) is 0 Å². The summed E-state index contributed by atoms with van der Waals surface area (Å²) < 4.78 is 7.31. The Morgan fingerprint density at radius 1 is 1.21 bits per heavy atom. The Kier molecular flexibility index (Phi) is 5.40. The third-order valence-electron chi connectivity index (χ3n) is 5.22. The lowest BCUT2D eigenvalue weighted by Gasteiger charge is -2.17. The summed E-state index contributed by atoms with van der Waals surface area (Å²) in [6, 6.07) is 8.07. The van der Waals surface area contributed by atoms with Crippen molar-refractivity contribution in [2.75, 3.05) is 11.9 Å². The molecule has 0 aliphatic heterocycles. The molecule has 1 aromatic carbocycles. The minimum atomic E-state index is 0.0476. The first-order valence-corrected chi connectivity index (χ1v) is 10.9. The average molecular weight is 398 g/mol. The standard InChI is InChI=1S/C22H27N3O2S/c1-4-27-16-11-9-15(10-12-16)13-23-22-24-20-19(21(26)25(22)14(2)3)17-7-5-6-8-18(17)28-20/h9-12,14H,4-8,13H2,1-3H3,(H,23,24). The Bertz CT molecular complexity index is 1030. The van der Waals surface area contributed by atoms with Crippen molar-refractivity contribution in [2.45, 2.75) is 59.0 Å². The molecule has 0 amide bonds. The van der Waals surface area contributed by atoms with E-state index < -0.39 is 0 Å². The second-order valence-electron chi connectivity index (χ2n) is 7.53. The van der Waals surface area contributed by atoms with Crippen LogP contribution in [0.5, 0.6) is 5.75 Å². The maximum atomic E-state index is 13.3. The topological polar surface area (TPSA) is 56.1 Å². The van der Waals surface area contributed by atoms with Crippen molar-refractivity contribution < 1.29 is 4.74 Å². The fourth-order valence-corrected chi connectivity index (χ4v) is 5.12. The highest BCUT2D eigenvalue weighted by Crippen LogP contribution is 2.34. The van der Waals surface area contributed by atoms with Gasteiger partial charge in [-0.05, 0) is 69.7 Å². The Labute approximate surface area is 169 Å². The van der Waals surface area contributed by atoms with Gasteiger partial charge in [-0.2, -0.15) is 0 Å². The van der Waals surface area contributed by atoms with Gasteiger partial charge in [0, 0.05) is 17.5 Å². The molecule has 6 heteroatoms. The zero-order valence-electron chi connectivity index (χ0n) is 16.7. The highest BCUT2D eigenvalue weighted by atomic mass is 32.1. The number of nitrogens with one attached hydrogen (secondary N) is 1. The number of benzene rings is 1. The molecule has 28 heavy (non-hydrogen) atoms. The third kappa shape index (κ3) is 3.53. The van der Waals surface area contributed by atoms with Crippen LogP contribution < -0.4 is 15.6 Å². The Balaban J connectivity index is 1.68. The smallest absolute Gasteiger partial charge is 0.264 e. The van der Waals surface area contributed by atoms with E-state index in [4.69, 9.17) is 9.72 Å². The van der Waals surface area contributed by atoms with Crippen molar-refractivity contribution in [1.82, 2.24) is 9.55 Å². The zero-order valence-corrected chi connectivity index (χ0v) is 17.6. The molecule has 4 rings (SSSR count). The highest BCUT2D eigenvalue weighted by Gasteiger charge is 2.22. The molecule has 148 valence electrons. The molecule has 0 bridgehead atoms. The lowest BCUT2D eigenvalue weighted by Crippen LogP contribution is -2.27. The molecule has 5 nitrogen and oxygen atoms in total. The van der Waals surface area contributed by atoms with Crippen LogP contribution in [0, 0.1) is 0 Å². The summed E-state index contributed by atoms with van der Waals surface area (Å²) in [5.74, 6) is 1.52. The first kappa shape index (κ1) is 19.0. The predicted molar refractivity (Wildman–Crippen MR) is 116 cm³/mol. The van der Waals surface area contributed by atoms with Crippen LogP contribution in [0.15, 0.2) is 29.1 Å². The highest BCUT2D eigenvalue weighted by molar-refractivity contribution is 7.18. The first-order valence-electron chi connectivity index (χ1n) is 10.1. The molecule has 3 aromatic rings. The van der Waals surface area contributed by atoms with Crippen molar-refractivity contribution in [1.29, 1.82) is 0 Å². The molecule has 0 spiro atoms. The average Bonchev–Trinajstić information content (AvgIpc) is 3.06. The van der Waals surface area contributed by atoms with E-state index in [-0.39, 0.29) is 11.6 Å². The van der Waals surface area contributed by atoms with E-state index >= 15 is 0 Å². The summed E-state index contributed by atoms with van der Waals surface area (Å²) >= 11 is 1.70. The molecule has 1 N–H and O–H groups in total. The largest absolute Gasteiger partial charge is 0.494 e. The van der Waals surface area contributed by atoms with Crippen molar-refractivity contribution in [3.8, 4) is 5.75 Å². The van der Waals surface area contributed by atoms with Crippen molar-refractivity contribution in [3.63, 3.8) is 0 Å². The normalized spacial score (nSPS) is 13.7. The summed E-state index contributed by atoms with van der Waals surface area (Å²) in [7, 11) is 0. The fraction of sp³-hybridized carbons (Fsp3) is 0.455. The van der Waals surface area contributed by atoms with Gasteiger partial charge in [-0.3, -0.25) is 9.36 Å². The number of hydrogen-bond acceptors (Lipinski definition) is 5. The van der Waals surface area contributed by atoms with Crippen LogP contribution in [0.2, 0.25) is 0 Å². The van der Waals surface area contributed by atoms with Crippen LogP contribution >= 0.6 is 11.3 Å². The van der Waals surface area contributed by atoms with Gasteiger partial charge < -0.3 is 10.1 Å². The van der Waals surface area contributed by atoms with Gasteiger partial charge in [0.15, 0.2) is 0 Å². The van der Waals surface area contributed by atoms with Gasteiger partial charge in [0.1, 0.15) is 10.6 Å². The van der Waals surface area contributed by atoms with Crippen molar-refractivity contribution in [3.05, 3.63) is 50.6 Å². The van der Waals surface area contributed by atoms with E-state index in [9.17, 15) is 4.79 Å². The molecule has 0 fully saturated rings. The molecule has 0 atom stereocenters. The minimum absolute atomic E-state index is 0.0476. The molecule has 1 aliphatic carbocycles. The molecular weight excluding hydrogens is 370 g/mol. The second kappa shape index (κ2) is 7.95. The van der Waals surface area contributed by atoms with E-state index in [1.807, 2.05) is 45.0 Å². The van der Waals surface area contributed by atoms with Crippen molar-refractivity contribution in [2.24, 2.45) is 0 Å². The van der Waals surface area contributed by atoms with Crippen LogP contribution in [-0.2, 0) is 19.4 Å². The number of nitrogens with zero attached hydrogens (tertiary/aromatic N) is 2. The fourth-order valence-electron chi connectivity index (χ4n) is 3.87. The number of aromatic nitrogens is 2. The summed E-state index contributed by atoms with van der Waals surface area (Å²) in [5, 5.41) is 4.24. The van der Waals surface area contributed by atoms with Crippen LogP contribution in [0.4, 0.5) is 5.95 Å². The van der Waals surface area contributed by atoms with E-state index in [0.717, 1.165) is 40.8 Å². The number of aryl methyl sites for hydroxylation is 2. The lowest BCUT2D eigenvalue weighted by molar-refractivity contribution is 0.340. The third-order valence-corrected chi connectivity index (χ3v) is 6.41. The number of fused-ring (bicyclic) bond motifs is 3. The first-order chi connectivity index (χ1) is 13.6. The monoisotopic (exact) mass is 397 g/mol. The minimum Gasteiger partial charge on any atom is -0.494 e. The predicted octanol–water partition coefficient (Wildman–Crippen LogP) is 4.93. The van der Waals surface area contributed by atoms with Gasteiger partial charge >= 0.3 is 0 Å². The molecule has 0 saturated carbocycles. The number of anilines is 1. The maximum Gasteiger partial charge on any atom is 0.264 e. The van der Waals surface area contributed by atoms with Gasteiger partial charge in [0.25, 0.3) is 5.56 Å². The van der Waals surface area contributed by atoms with E-state index in [2.05, 4.69) is 5.32 Å². The molecule has 1 aliphatic rings. The molecule has 0 radical (unpaired) electrons. The number of ether oxygens (including phenoxy) is 1. The molecule has 0 unspecified atom stereocenters. The molecular formula is C22H27N3O2S. The second-order valence-corrected chi connectivity index (χ2v) is 8.61. The molecule has 2 heterocycles. The summed E-state index contributed by atoms with van der Waals surface area (Å²) in [6.07, 6.45) is 4.45. The zero-order chi connectivity index (χ0) is 19.7.